The van der Waals surface area contributed by atoms with E-state index in [2.05, 4.69) is 4.90 Å². The number of nitrogens with one attached hydrogen (secondary N) is 1. The first kappa shape index (κ1) is 5.76. The molecule has 1 rings (SSSR count). The topological polar surface area (TPSA) is 27.1 Å². The second-order valence-electron chi connectivity index (χ2n) is 2.21. The van der Waals surface area contributed by atoms with Crippen molar-refractivity contribution >= 4 is 6.21 Å². The van der Waals surface area contributed by atoms with Crippen LogP contribution in [0.5, 0.6) is 0 Å². The average molecular weight is 112 g/mol. The molecule has 2 heteroatoms. The van der Waals surface area contributed by atoms with Crippen molar-refractivity contribution in [1.82, 2.24) is 4.90 Å². The van der Waals surface area contributed by atoms with Gasteiger partial charge in [-0.1, -0.05) is 0 Å². The van der Waals surface area contributed by atoms with Gasteiger partial charge in [0.05, 0.1) is 0 Å². The van der Waals surface area contributed by atoms with Crippen LogP contribution in [0.3, 0.4) is 0 Å². The molecule has 0 radical (unpaired) electrons. The highest BCUT2D eigenvalue weighted by Crippen LogP contribution is 2.04. The molecule has 0 aromatic rings. The second-order valence-corrected chi connectivity index (χ2v) is 2.21. The molecule has 1 N–H and O–H groups in total. The number of rotatable bonds is 2. The van der Waals surface area contributed by atoms with Gasteiger partial charge in [-0.25, -0.2) is 0 Å². The minimum atomic E-state index is 0.861. The van der Waals surface area contributed by atoms with E-state index in [9.17, 15) is 0 Å². The van der Waals surface area contributed by atoms with Gasteiger partial charge in [-0.05, 0) is 25.9 Å². The lowest BCUT2D eigenvalue weighted by atomic mass is 10.4. The minimum absolute atomic E-state index is 0.861. The van der Waals surface area contributed by atoms with Crippen LogP contribution in [-0.4, -0.2) is 30.7 Å². The van der Waals surface area contributed by atoms with Crippen LogP contribution >= 0.6 is 0 Å². The van der Waals surface area contributed by atoms with Gasteiger partial charge in [-0.3, -0.25) is 4.90 Å². The highest BCUT2D eigenvalue weighted by atomic mass is 15.1. The quantitative estimate of drug-likeness (QED) is 0.524. The van der Waals surface area contributed by atoms with E-state index in [4.69, 9.17) is 5.41 Å². The van der Waals surface area contributed by atoms with Gasteiger partial charge in [-0.15, -0.1) is 0 Å². The predicted octanol–water partition coefficient (Wildman–Crippen LogP) is 0.732. The monoisotopic (exact) mass is 112 g/mol. The molecule has 0 saturated carbocycles. The Bertz CT molecular complexity index is 74.6. The van der Waals surface area contributed by atoms with E-state index < -0.39 is 0 Å². The van der Waals surface area contributed by atoms with Crippen LogP contribution in [0, 0.1) is 5.41 Å². The zero-order valence-corrected chi connectivity index (χ0v) is 5.06. The molecule has 8 heavy (non-hydrogen) atoms. The highest BCUT2D eigenvalue weighted by Gasteiger charge is 2.08. The van der Waals surface area contributed by atoms with Crippen molar-refractivity contribution in [2.45, 2.75) is 12.8 Å². The van der Waals surface area contributed by atoms with Gasteiger partial charge >= 0.3 is 0 Å². The normalized spacial score (nSPS) is 21.5. The van der Waals surface area contributed by atoms with Gasteiger partial charge in [-0.2, -0.15) is 0 Å². The molecule has 0 aromatic heterocycles. The van der Waals surface area contributed by atoms with Gasteiger partial charge < -0.3 is 5.41 Å². The van der Waals surface area contributed by atoms with Gasteiger partial charge in [0.15, 0.2) is 0 Å². The Hall–Kier alpha value is -0.370. The minimum Gasteiger partial charge on any atom is -0.312 e. The van der Waals surface area contributed by atoms with Crippen molar-refractivity contribution in [3.63, 3.8) is 0 Å². The van der Waals surface area contributed by atoms with Crippen LogP contribution in [0.2, 0.25) is 0 Å². The molecule has 46 valence electrons. The van der Waals surface area contributed by atoms with E-state index in [-0.39, 0.29) is 0 Å². The number of hydrogen-bond acceptors (Lipinski definition) is 2. The Morgan fingerprint density at radius 1 is 1.38 bits per heavy atom. The summed E-state index contributed by atoms with van der Waals surface area (Å²) in [6.45, 7) is 3.27. The summed E-state index contributed by atoms with van der Waals surface area (Å²) in [6, 6.07) is 0. The van der Waals surface area contributed by atoms with Crippen LogP contribution in [-0.2, 0) is 0 Å². The highest BCUT2D eigenvalue weighted by molar-refractivity contribution is 5.55. The van der Waals surface area contributed by atoms with Crippen molar-refractivity contribution in [2.24, 2.45) is 0 Å². The lowest BCUT2D eigenvalue weighted by Gasteiger charge is -2.08. The summed E-state index contributed by atoms with van der Waals surface area (Å²) >= 11 is 0. The Labute approximate surface area is 50.0 Å². The van der Waals surface area contributed by atoms with E-state index in [1.165, 1.54) is 32.1 Å². The van der Waals surface area contributed by atoms with Crippen molar-refractivity contribution in [1.29, 1.82) is 5.41 Å². The number of nitrogens with zero attached hydrogens (tertiary/aromatic N) is 1. The summed E-state index contributed by atoms with van der Waals surface area (Å²) < 4.78 is 0. The third-order valence-corrected chi connectivity index (χ3v) is 1.55. The van der Waals surface area contributed by atoms with E-state index in [1.807, 2.05) is 0 Å². The van der Waals surface area contributed by atoms with Crippen molar-refractivity contribution in [2.75, 3.05) is 19.6 Å². The molecule has 2 nitrogen and oxygen atoms in total. The third kappa shape index (κ3) is 1.30. The summed E-state index contributed by atoms with van der Waals surface area (Å²) in [6.07, 6.45) is 4.13. The van der Waals surface area contributed by atoms with Crippen molar-refractivity contribution < 1.29 is 0 Å². The van der Waals surface area contributed by atoms with Crippen LogP contribution in [0.15, 0.2) is 0 Å². The average Bonchev–Trinajstić information content (AvgIpc) is 2.19. The van der Waals surface area contributed by atoms with Crippen LogP contribution in [0.4, 0.5) is 0 Å². The molecule has 1 aliphatic heterocycles. The Morgan fingerprint density at radius 3 is 2.50 bits per heavy atom. The summed E-state index contributed by atoms with van der Waals surface area (Å²) in [4.78, 5) is 2.30. The smallest absolute Gasteiger partial charge is 0.0330 e. The first-order valence-corrected chi connectivity index (χ1v) is 3.15. The lowest BCUT2D eigenvalue weighted by molar-refractivity contribution is 0.391. The molecule has 0 spiro atoms. The maximum atomic E-state index is 6.80. The number of hydrogen-bond donors (Lipinski definition) is 1. The third-order valence-electron chi connectivity index (χ3n) is 1.55. The Balaban J connectivity index is 2.14. The van der Waals surface area contributed by atoms with E-state index in [0.717, 1.165) is 6.54 Å². The van der Waals surface area contributed by atoms with E-state index in [0.29, 0.717) is 0 Å². The maximum absolute atomic E-state index is 6.80. The van der Waals surface area contributed by atoms with Crippen molar-refractivity contribution in [3.8, 4) is 0 Å². The van der Waals surface area contributed by atoms with Gasteiger partial charge in [0, 0.05) is 12.8 Å². The summed E-state index contributed by atoms with van der Waals surface area (Å²) in [5.74, 6) is 0. The molecule has 0 aromatic carbocycles. The van der Waals surface area contributed by atoms with Crippen molar-refractivity contribution in [3.05, 3.63) is 0 Å². The molecule has 1 aliphatic rings. The fourth-order valence-electron chi connectivity index (χ4n) is 1.09. The molecule has 1 fully saturated rings. The first-order valence-electron chi connectivity index (χ1n) is 3.15. The Morgan fingerprint density at radius 2 is 2.00 bits per heavy atom. The number of likely N-dealkylation sites (tertiary alicyclic amines) is 1. The second kappa shape index (κ2) is 2.82. The van der Waals surface area contributed by atoms with Crippen LogP contribution < -0.4 is 0 Å². The molecule has 0 amide bonds. The standard InChI is InChI=1S/C6H12N2/c7-3-6-8-4-1-2-5-8/h3,7H,1-2,4-6H2. The predicted molar refractivity (Wildman–Crippen MR) is 34.5 cm³/mol. The molecular formula is C6H12N2. The lowest BCUT2D eigenvalue weighted by Crippen LogP contribution is -2.20. The fraction of sp³-hybridized carbons (Fsp3) is 0.833. The summed E-state index contributed by atoms with van der Waals surface area (Å²) in [5, 5.41) is 6.80. The van der Waals surface area contributed by atoms with Crippen LogP contribution in [0.1, 0.15) is 12.8 Å². The molecule has 1 saturated heterocycles. The molecule has 0 unspecified atom stereocenters. The van der Waals surface area contributed by atoms with Gasteiger partial charge in [0.25, 0.3) is 0 Å². The fourth-order valence-corrected chi connectivity index (χ4v) is 1.09. The molecule has 0 atom stereocenters. The molecule has 0 aliphatic carbocycles. The molecular weight excluding hydrogens is 100 g/mol. The van der Waals surface area contributed by atoms with Crippen LogP contribution in [0.25, 0.3) is 0 Å². The van der Waals surface area contributed by atoms with Gasteiger partial charge in [0.2, 0.25) is 0 Å². The summed E-state index contributed by atoms with van der Waals surface area (Å²) in [5.41, 5.74) is 0. The van der Waals surface area contributed by atoms with E-state index >= 15 is 0 Å². The zero-order valence-electron chi connectivity index (χ0n) is 5.06. The SMILES string of the molecule is N=CCN1CCCC1. The largest absolute Gasteiger partial charge is 0.312 e. The zero-order chi connectivity index (χ0) is 5.82. The molecule has 0 bridgehead atoms. The van der Waals surface area contributed by atoms with Gasteiger partial charge in [0.1, 0.15) is 0 Å². The van der Waals surface area contributed by atoms with E-state index in [1.54, 1.807) is 0 Å². The first-order chi connectivity index (χ1) is 3.93. The molecule has 1 heterocycles. The maximum Gasteiger partial charge on any atom is 0.0330 e. The summed E-state index contributed by atoms with van der Waals surface area (Å²) in [7, 11) is 0. The Kier molecular flexibility index (Phi) is 2.03.